The molecule has 0 saturated carbocycles. The molecule has 0 atom stereocenters. The highest BCUT2D eigenvalue weighted by Gasteiger charge is 2.07. The van der Waals surface area contributed by atoms with E-state index in [2.05, 4.69) is 12.1 Å². The first-order chi connectivity index (χ1) is 14.2. The standard InChI is InChI=1S/C22H32N2O5/c1-2-28-13-11-23(16-25)21-7-3-19(4-8-21)15-20-5-9-22(10-6-20)24(17-26)12-14-29-18-27/h3-10,25-27H,2,11-18H2,1H3. The summed E-state index contributed by atoms with van der Waals surface area (Å²) >= 11 is 0. The molecule has 0 heterocycles. The van der Waals surface area contributed by atoms with Crippen molar-refractivity contribution in [3.05, 3.63) is 59.7 Å². The van der Waals surface area contributed by atoms with Crippen LogP contribution >= 0.6 is 0 Å². The van der Waals surface area contributed by atoms with Gasteiger partial charge >= 0.3 is 0 Å². The SMILES string of the molecule is CCOCCN(CO)c1ccc(Cc2ccc(N(CO)CCOCO)cc2)cc1. The van der Waals surface area contributed by atoms with E-state index in [1.807, 2.05) is 48.2 Å². The minimum atomic E-state index is -0.320. The second-order valence-electron chi connectivity index (χ2n) is 6.55. The molecule has 29 heavy (non-hydrogen) atoms. The molecule has 7 nitrogen and oxygen atoms in total. The number of hydrogen-bond donors (Lipinski definition) is 3. The molecule has 0 bridgehead atoms. The van der Waals surface area contributed by atoms with Crippen molar-refractivity contribution in [3.8, 4) is 0 Å². The van der Waals surface area contributed by atoms with E-state index in [0.29, 0.717) is 32.9 Å². The Bertz CT molecular complexity index is 619. The second-order valence-corrected chi connectivity index (χ2v) is 6.55. The number of anilines is 2. The number of ether oxygens (including phenoxy) is 2. The van der Waals surface area contributed by atoms with Crippen molar-refractivity contribution in [3.63, 3.8) is 0 Å². The van der Waals surface area contributed by atoms with Crippen molar-refractivity contribution in [1.29, 1.82) is 0 Å². The summed E-state index contributed by atoms with van der Waals surface area (Å²) in [5, 5.41) is 27.8. The molecule has 0 amide bonds. The van der Waals surface area contributed by atoms with E-state index in [4.69, 9.17) is 14.6 Å². The van der Waals surface area contributed by atoms with Crippen LogP contribution in [0.1, 0.15) is 18.1 Å². The van der Waals surface area contributed by atoms with Crippen LogP contribution in [0.2, 0.25) is 0 Å². The van der Waals surface area contributed by atoms with Crippen LogP contribution in [0.25, 0.3) is 0 Å². The van der Waals surface area contributed by atoms with Crippen molar-refractivity contribution < 1.29 is 24.8 Å². The molecule has 7 heteroatoms. The van der Waals surface area contributed by atoms with E-state index in [0.717, 1.165) is 17.8 Å². The molecule has 2 aromatic carbocycles. The molecular formula is C22H32N2O5. The Morgan fingerprint density at radius 2 is 1.14 bits per heavy atom. The van der Waals surface area contributed by atoms with Crippen molar-refractivity contribution in [2.45, 2.75) is 13.3 Å². The Balaban J connectivity index is 1.94. The van der Waals surface area contributed by atoms with Gasteiger partial charge in [0.2, 0.25) is 0 Å². The number of aliphatic hydroxyl groups is 3. The molecule has 3 N–H and O–H groups in total. The molecule has 0 radical (unpaired) electrons. The van der Waals surface area contributed by atoms with Crippen LogP contribution in [0.15, 0.2) is 48.5 Å². The fourth-order valence-corrected chi connectivity index (χ4v) is 3.01. The molecule has 0 aliphatic rings. The maximum Gasteiger partial charge on any atom is 0.143 e. The molecule has 0 fully saturated rings. The fourth-order valence-electron chi connectivity index (χ4n) is 3.01. The first kappa shape index (κ1) is 23.1. The third-order valence-electron chi connectivity index (χ3n) is 4.66. The van der Waals surface area contributed by atoms with E-state index in [1.165, 1.54) is 11.1 Å². The normalized spacial score (nSPS) is 10.9. The molecule has 0 spiro atoms. The van der Waals surface area contributed by atoms with Crippen LogP contribution in [-0.2, 0) is 15.9 Å². The average Bonchev–Trinajstić information content (AvgIpc) is 2.76. The van der Waals surface area contributed by atoms with Crippen molar-refractivity contribution in [1.82, 2.24) is 0 Å². The summed E-state index contributed by atoms with van der Waals surface area (Å²) in [6.07, 6.45) is 0.797. The lowest BCUT2D eigenvalue weighted by Crippen LogP contribution is -2.28. The van der Waals surface area contributed by atoms with Gasteiger partial charge in [-0.05, 0) is 48.7 Å². The lowest BCUT2D eigenvalue weighted by atomic mass is 10.0. The monoisotopic (exact) mass is 404 g/mol. The second kappa shape index (κ2) is 13.1. The van der Waals surface area contributed by atoms with Gasteiger partial charge in [0, 0.05) is 31.1 Å². The van der Waals surface area contributed by atoms with Gasteiger partial charge in [0.1, 0.15) is 20.3 Å². The highest BCUT2D eigenvalue weighted by Crippen LogP contribution is 2.19. The van der Waals surface area contributed by atoms with Gasteiger partial charge in [0.15, 0.2) is 0 Å². The Morgan fingerprint density at radius 3 is 1.52 bits per heavy atom. The minimum Gasteiger partial charge on any atom is -0.380 e. The first-order valence-electron chi connectivity index (χ1n) is 9.87. The Labute approximate surface area is 172 Å². The number of rotatable bonds is 14. The van der Waals surface area contributed by atoms with Gasteiger partial charge in [0.05, 0.1) is 13.2 Å². The van der Waals surface area contributed by atoms with Gasteiger partial charge in [-0.25, -0.2) is 0 Å². The zero-order valence-corrected chi connectivity index (χ0v) is 17.0. The summed E-state index contributed by atoms with van der Waals surface area (Å²) in [6.45, 7) is 4.24. The zero-order chi connectivity index (χ0) is 20.9. The predicted molar refractivity (Wildman–Crippen MR) is 114 cm³/mol. The van der Waals surface area contributed by atoms with E-state index < -0.39 is 0 Å². The summed E-state index contributed by atoms with van der Waals surface area (Å²) in [7, 11) is 0. The minimum absolute atomic E-state index is 0.0431. The van der Waals surface area contributed by atoms with Gasteiger partial charge < -0.3 is 34.6 Å². The maximum absolute atomic E-state index is 9.57. The molecule has 160 valence electrons. The van der Waals surface area contributed by atoms with Gasteiger partial charge in [-0.1, -0.05) is 24.3 Å². The van der Waals surface area contributed by atoms with Crippen molar-refractivity contribution >= 4 is 11.4 Å². The van der Waals surface area contributed by atoms with Crippen LogP contribution in [0.4, 0.5) is 11.4 Å². The highest BCUT2D eigenvalue weighted by atomic mass is 16.6. The fraction of sp³-hybridized carbons (Fsp3) is 0.455. The van der Waals surface area contributed by atoms with Gasteiger partial charge in [-0.2, -0.15) is 0 Å². The smallest absolute Gasteiger partial charge is 0.143 e. The molecule has 2 aromatic rings. The van der Waals surface area contributed by atoms with E-state index in [-0.39, 0.29) is 20.3 Å². The summed E-state index contributed by atoms with van der Waals surface area (Å²) < 4.78 is 10.3. The number of hydrogen-bond acceptors (Lipinski definition) is 7. The van der Waals surface area contributed by atoms with Crippen LogP contribution in [0.3, 0.4) is 0 Å². The quantitative estimate of drug-likeness (QED) is 0.327. The maximum atomic E-state index is 9.57. The van der Waals surface area contributed by atoms with E-state index >= 15 is 0 Å². The average molecular weight is 405 g/mol. The Morgan fingerprint density at radius 1 is 0.690 bits per heavy atom. The van der Waals surface area contributed by atoms with E-state index in [9.17, 15) is 10.2 Å². The van der Waals surface area contributed by atoms with Crippen LogP contribution in [0, 0.1) is 0 Å². The van der Waals surface area contributed by atoms with Gasteiger partial charge in [-0.3, -0.25) is 0 Å². The van der Waals surface area contributed by atoms with Gasteiger partial charge in [0.25, 0.3) is 0 Å². The molecule has 0 unspecified atom stereocenters. The van der Waals surface area contributed by atoms with E-state index in [1.54, 1.807) is 4.90 Å². The third-order valence-corrected chi connectivity index (χ3v) is 4.66. The van der Waals surface area contributed by atoms with Crippen molar-refractivity contribution in [2.75, 3.05) is 63.0 Å². The Kier molecular flexibility index (Phi) is 10.5. The predicted octanol–water partition coefficient (Wildman–Crippen LogP) is 1.79. The largest absolute Gasteiger partial charge is 0.380 e. The van der Waals surface area contributed by atoms with Crippen LogP contribution < -0.4 is 9.80 Å². The highest BCUT2D eigenvalue weighted by molar-refractivity contribution is 5.50. The van der Waals surface area contributed by atoms with Crippen molar-refractivity contribution in [2.24, 2.45) is 0 Å². The molecule has 0 aromatic heterocycles. The summed E-state index contributed by atoms with van der Waals surface area (Å²) in [4.78, 5) is 3.65. The molecule has 0 aliphatic heterocycles. The molecule has 0 aliphatic carbocycles. The molecule has 0 saturated heterocycles. The topological polar surface area (TPSA) is 85.6 Å². The molecule has 2 rings (SSSR count). The summed E-state index contributed by atoms with van der Waals surface area (Å²) in [6, 6.07) is 16.2. The number of benzene rings is 2. The summed E-state index contributed by atoms with van der Waals surface area (Å²) in [5.41, 5.74) is 4.22. The zero-order valence-electron chi connectivity index (χ0n) is 17.0. The Hall–Kier alpha value is -2.16. The van der Waals surface area contributed by atoms with Gasteiger partial charge in [-0.15, -0.1) is 0 Å². The lowest BCUT2D eigenvalue weighted by Gasteiger charge is -2.22. The summed E-state index contributed by atoms with van der Waals surface area (Å²) in [5.74, 6) is 0. The number of nitrogens with zero attached hydrogens (tertiary/aromatic N) is 2. The third kappa shape index (κ3) is 7.64. The number of aliphatic hydroxyl groups excluding tert-OH is 3. The van der Waals surface area contributed by atoms with Crippen LogP contribution in [-0.4, -0.2) is 68.5 Å². The molecular weight excluding hydrogens is 372 g/mol. The van der Waals surface area contributed by atoms with Crippen LogP contribution in [0.5, 0.6) is 0 Å². The first-order valence-corrected chi connectivity index (χ1v) is 9.87. The lowest BCUT2D eigenvalue weighted by molar-refractivity contribution is 0.00128.